The molecule has 3 heteroatoms. The molecule has 3 rings (SSSR count). The van der Waals surface area contributed by atoms with Crippen molar-refractivity contribution < 1.29 is 0 Å². The standard InChI is InChI=1S/C12H21N3/c1-11(2,3)14-12(8-13)9-15-6-4-10(12)5-7-15/h10,14H,4-7,9H2,1-3H3. The molecule has 0 aliphatic carbocycles. The molecule has 0 aromatic carbocycles. The first-order valence-electron chi connectivity index (χ1n) is 5.88. The lowest BCUT2D eigenvalue weighted by Gasteiger charge is -2.52. The summed E-state index contributed by atoms with van der Waals surface area (Å²) in [6.07, 6.45) is 2.35. The summed E-state index contributed by atoms with van der Waals surface area (Å²) in [4.78, 5) is 2.42. The lowest BCUT2D eigenvalue weighted by molar-refractivity contribution is 0.0238. The quantitative estimate of drug-likeness (QED) is 0.705. The van der Waals surface area contributed by atoms with Gasteiger partial charge in [-0.15, -0.1) is 0 Å². The van der Waals surface area contributed by atoms with Crippen LogP contribution in [0.5, 0.6) is 0 Å². The van der Waals surface area contributed by atoms with Crippen LogP contribution in [0, 0.1) is 17.2 Å². The van der Waals surface area contributed by atoms with Gasteiger partial charge in [0.25, 0.3) is 0 Å². The highest BCUT2D eigenvalue weighted by atomic mass is 15.2. The third kappa shape index (κ3) is 2.02. The Balaban J connectivity index is 2.19. The minimum absolute atomic E-state index is 0.0222. The average molecular weight is 207 g/mol. The summed E-state index contributed by atoms with van der Waals surface area (Å²) in [5.74, 6) is 0.548. The summed E-state index contributed by atoms with van der Waals surface area (Å²) in [6.45, 7) is 9.70. The summed E-state index contributed by atoms with van der Waals surface area (Å²) in [5.41, 5.74) is -0.275. The van der Waals surface area contributed by atoms with E-state index < -0.39 is 0 Å². The molecule has 3 saturated heterocycles. The van der Waals surface area contributed by atoms with Crippen LogP contribution in [-0.2, 0) is 0 Å². The maximum Gasteiger partial charge on any atom is 0.122 e. The second kappa shape index (κ2) is 3.47. The highest BCUT2D eigenvalue weighted by molar-refractivity contribution is 5.18. The lowest BCUT2D eigenvalue weighted by atomic mass is 9.72. The molecule has 84 valence electrons. The van der Waals surface area contributed by atoms with E-state index in [1.54, 1.807) is 0 Å². The maximum atomic E-state index is 9.49. The zero-order chi connectivity index (χ0) is 11.1. The third-order valence-corrected chi connectivity index (χ3v) is 3.56. The Morgan fingerprint density at radius 2 is 1.93 bits per heavy atom. The molecule has 0 aromatic rings. The Labute approximate surface area is 92.4 Å². The molecule has 1 atom stereocenters. The van der Waals surface area contributed by atoms with E-state index >= 15 is 0 Å². The number of nitrogens with one attached hydrogen (secondary N) is 1. The molecule has 2 bridgehead atoms. The van der Waals surface area contributed by atoms with Crippen LogP contribution in [-0.4, -0.2) is 35.6 Å². The van der Waals surface area contributed by atoms with Gasteiger partial charge in [-0.2, -0.15) is 5.26 Å². The van der Waals surface area contributed by atoms with Gasteiger partial charge < -0.3 is 4.90 Å². The van der Waals surface area contributed by atoms with Gasteiger partial charge in [0, 0.05) is 12.1 Å². The highest BCUT2D eigenvalue weighted by Crippen LogP contribution is 2.36. The van der Waals surface area contributed by atoms with Crippen LogP contribution in [0.4, 0.5) is 0 Å². The van der Waals surface area contributed by atoms with Crippen LogP contribution >= 0.6 is 0 Å². The smallest absolute Gasteiger partial charge is 0.122 e. The first-order valence-corrected chi connectivity index (χ1v) is 5.88. The second-order valence-corrected chi connectivity index (χ2v) is 6.01. The number of rotatable bonds is 1. The minimum atomic E-state index is -0.297. The minimum Gasteiger partial charge on any atom is -0.300 e. The fourth-order valence-electron chi connectivity index (χ4n) is 3.03. The van der Waals surface area contributed by atoms with Crippen LogP contribution in [0.25, 0.3) is 0 Å². The first-order chi connectivity index (χ1) is 6.95. The van der Waals surface area contributed by atoms with E-state index in [9.17, 15) is 5.26 Å². The molecule has 1 N–H and O–H groups in total. The predicted molar refractivity (Wildman–Crippen MR) is 60.4 cm³/mol. The molecule has 3 aliphatic rings. The van der Waals surface area contributed by atoms with Gasteiger partial charge in [0.1, 0.15) is 5.54 Å². The molecule has 0 saturated carbocycles. The van der Waals surface area contributed by atoms with Gasteiger partial charge in [-0.05, 0) is 52.6 Å². The maximum absolute atomic E-state index is 9.49. The Hall–Kier alpha value is -0.590. The van der Waals surface area contributed by atoms with Crippen molar-refractivity contribution in [3.8, 4) is 6.07 Å². The second-order valence-electron chi connectivity index (χ2n) is 6.01. The number of nitriles is 1. The number of hydrogen-bond acceptors (Lipinski definition) is 3. The summed E-state index contributed by atoms with van der Waals surface area (Å²) >= 11 is 0. The van der Waals surface area contributed by atoms with Gasteiger partial charge in [0.15, 0.2) is 0 Å². The molecule has 0 spiro atoms. The van der Waals surface area contributed by atoms with E-state index in [1.165, 1.54) is 25.9 Å². The van der Waals surface area contributed by atoms with Gasteiger partial charge in [-0.25, -0.2) is 0 Å². The van der Waals surface area contributed by atoms with Crippen LogP contribution in [0.3, 0.4) is 0 Å². The average Bonchev–Trinajstić information content (AvgIpc) is 2.17. The topological polar surface area (TPSA) is 39.1 Å². The molecule has 0 radical (unpaired) electrons. The molecule has 3 fully saturated rings. The number of nitrogens with zero attached hydrogens (tertiary/aromatic N) is 2. The van der Waals surface area contributed by atoms with Crippen molar-refractivity contribution in [2.45, 2.75) is 44.7 Å². The third-order valence-electron chi connectivity index (χ3n) is 3.56. The van der Waals surface area contributed by atoms with Crippen molar-refractivity contribution in [3.05, 3.63) is 0 Å². The zero-order valence-electron chi connectivity index (χ0n) is 10.0. The predicted octanol–water partition coefficient (Wildman–Crippen LogP) is 1.36. The molecule has 15 heavy (non-hydrogen) atoms. The fourth-order valence-corrected chi connectivity index (χ4v) is 3.03. The molecular formula is C12H21N3. The van der Waals surface area contributed by atoms with Crippen LogP contribution < -0.4 is 5.32 Å². The van der Waals surface area contributed by atoms with Crippen molar-refractivity contribution in [3.63, 3.8) is 0 Å². The van der Waals surface area contributed by atoms with Crippen LogP contribution in [0.1, 0.15) is 33.6 Å². The largest absolute Gasteiger partial charge is 0.300 e. The Bertz CT molecular complexity index is 278. The van der Waals surface area contributed by atoms with Gasteiger partial charge in [-0.3, -0.25) is 5.32 Å². The molecular weight excluding hydrogens is 186 g/mol. The van der Waals surface area contributed by atoms with Crippen LogP contribution in [0.2, 0.25) is 0 Å². The van der Waals surface area contributed by atoms with Crippen molar-refractivity contribution >= 4 is 0 Å². The van der Waals surface area contributed by atoms with Crippen molar-refractivity contribution in [2.24, 2.45) is 5.92 Å². The fraction of sp³-hybridized carbons (Fsp3) is 0.917. The van der Waals surface area contributed by atoms with Gasteiger partial charge in [0.05, 0.1) is 6.07 Å². The molecule has 1 unspecified atom stereocenters. The SMILES string of the molecule is CC(C)(C)NC1(C#N)CN2CCC1CC2. The lowest BCUT2D eigenvalue weighted by Crippen LogP contribution is -2.68. The Kier molecular flexibility index (Phi) is 2.52. The van der Waals surface area contributed by atoms with Crippen molar-refractivity contribution in [2.75, 3.05) is 19.6 Å². The Morgan fingerprint density at radius 3 is 2.27 bits per heavy atom. The first kappa shape index (κ1) is 10.9. The van der Waals surface area contributed by atoms with E-state index in [0.29, 0.717) is 5.92 Å². The Morgan fingerprint density at radius 1 is 1.33 bits per heavy atom. The zero-order valence-corrected chi connectivity index (χ0v) is 10.0. The van der Waals surface area contributed by atoms with Gasteiger partial charge in [-0.1, -0.05) is 0 Å². The van der Waals surface area contributed by atoms with Crippen LogP contribution in [0.15, 0.2) is 0 Å². The summed E-state index contributed by atoms with van der Waals surface area (Å²) < 4.78 is 0. The van der Waals surface area contributed by atoms with Crippen molar-refractivity contribution in [1.82, 2.24) is 10.2 Å². The number of hydrogen-bond donors (Lipinski definition) is 1. The monoisotopic (exact) mass is 207 g/mol. The van der Waals surface area contributed by atoms with Gasteiger partial charge >= 0.3 is 0 Å². The summed E-state index contributed by atoms with van der Waals surface area (Å²) in [6, 6.07) is 2.55. The molecule has 3 nitrogen and oxygen atoms in total. The van der Waals surface area contributed by atoms with E-state index in [1.807, 2.05) is 0 Å². The highest BCUT2D eigenvalue weighted by Gasteiger charge is 2.48. The molecule has 0 aromatic heterocycles. The van der Waals surface area contributed by atoms with E-state index in [-0.39, 0.29) is 11.1 Å². The summed E-state index contributed by atoms with van der Waals surface area (Å²) in [5, 5.41) is 13.0. The number of fused-ring (bicyclic) bond motifs is 3. The number of piperidine rings is 3. The van der Waals surface area contributed by atoms with E-state index in [4.69, 9.17) is 0 Å². The summed E-state index contributed by atoms with van der Waals surface area (Å²) in [7, 11) is 0. The van der Waals surface area contributed by atoms with E-state index in [0.717, 1.165) is 6.54 Å². The molecule has 3 heterocycles. The normalized spacial score (nSPS) is 40.1. The molecule has 3 aliphatic heterocycles. The van der Waals surface area contributed by atoms with Gasteiger partial charge in [0.2, 0.25) is 0 Å². The van der Waals surface area contributed by atoms with E-state index in [2.05, 4.69) is 37.1 Å². The van der Waals surface area contributed by atoms with Crippen molar-refractivity contribution in [1.29, 1.82) is 5.26 Å². The molecule has 0 amide bonds.